The third kappa shape index (κ3) is 5.34. The van der Waals surface area contributed by atoms with Gasteiger partial charge < -0.3 is 20.3 Å². The number of aliphatic hydroxyl groups excluding tert-OH is 1. The van der Waals surface area contributed by atoms with Crippen LogP contribution < -0.4 is 16.2 Å². The molecule has 0 fully saturated rings. The molecule has 0 radical (unpaired) electrons. The van der Waals surface area contributed by atoms with E-state index < -0.39 is 12.1 Å². The van der Waals surface area contributed by atoms with Gasteiger partial charge in [0.15, 0.2) is 0 Å². The molecule has 1 atom stereocenters. The molecule has 7 heteroatoms. The monoisotopic (exact) mass is 345 g/mol. The van der Waals surface area contributed by atoms with Gasteiger partial charge >= 0.3 is 6.03 Å². The number of halogens is 1. The Morgan fingerprint density at radius 1 is 1.50 bits per heavy atom. The van der Waals surface area contributed by atoms with Crippen LogP contribution in [0.5, 0.6) is 0 Å². The minimum Gasteiger partial charge on any atom is -0.391 e. The number of rotatable bonds is 5. The van der Waals surface area contributed by atoms with Crippen molar-refractivity contribution in [3.8, 4) is 0 Å². The third-order valence-corrected chi connectivity index (χ3v) is 3.07. The smallest absolute Gasteiger partial charge is 0.319 e. The lowest BCUT2D eigenvalue weighted by atomic mass is 10.1. The predicted octanol–water partition coefficient (Wildman–Crippen LogP) is 1.68. The maximum Gasteiger partial charge on any atom is 0.319 e. The highest BCUT2D eigenvalue weighted by Crippen LogP contribution is 2.11. The SMILES string of the molecule is CC(C)CC(O)CNC(=O)Nc1cc(Br)cn(C)c1=O. The average molecular weight is 346 g/mol. The minimum atomic E-state index is -0.592. The number of carbonyl (C=O) groups is 1. The number of hydrogen-bond donors (Lipinski definition) is 3. The number of anilines is 1. The molecular formula is C13H20BrN3O3. The van der Waals surface area contributed by atoms with Gasteiger partial charge in [-0.05, 0) is 34.3 Å². The van der Waals surface area contributed by atoms with Crippen molar-refractivity contribution < 1.29 is 9.90 Å². The molecule has 0 spiro atoms. The summed E-state index contributed by atoms with van der Waals surface area (Å²) in [6.45, 7) is 4.14. The van der Waals surface area contributed by atoms with Crippen molar-refractivity contribution >= 4 is 27.6 Å². The van der Waals surface area contributed by atoms with Crippen LogP contribution in [0.3, 0.4) is 0 Å². The molecule has 0 aliphatic rings. The van der Waals surface area contributed by atoms with Crippen molar-refractivity contribution in [3.63, 3.8) is 0 Å². The van der Waals surface area contributed by atoms with Crippen molar-refractivity contribution in [1.82, 2.24) is 9.88 Å². The Hall–Kier alpha value is -1.34. The van der Waals surface area contributed by atoms with Crippen LogP contribution in [0, 0.1) is 5.92 Å². The normalized spacial score (nSPS) is 12.3. The first-order valence-electron chi connectivity index (χ1n) is 6.38. The van der Waals surface area contributed by atoms with E-state index in [0.717, 1.165) is 0 Å². The van der Waals surface area contributed by atoms with Crippen LogP contribution in [0.4, 0.5) is 10.5 Å². The van der Waals surface area contributed by atoms with Gasteiger partial charge in [-0.3, -0.25) is 4.79 Å². The van der Waals surface area contributed by atoms with Crippen molar-refractivity contribution in [1.29, 1.82) is 0 Å². The maximum absolute atomic E-state index is 11.8. The Bertz CT molecular complexity index is 528. The molecule has 6 nitrogen and oxygen atoms in total. The van der Waals surface area contributed by atoms with Gasteiger partial charge in [0.05, 0.1) is 6.10 Å². The van der Waals surface area contributed by atoms with Crippen LogP contribution in [0.25, 0.3) is 0 Å². The first kappa shape index (κ1) is 16.7. The molecule has 3 N–H and O–H groups in total. The molecule has 1 rings (SSSR count). The Kier molecular flexibility index (Phi) is 6.22. The molecule has 0 saturated carbocycles. The molecule has 0 aliphatic heterocycles. The average Bonchev–Trinajstić information content (AvgIpc) is 2.32. The molecule has 1 aromatic rings. The number of aromatic nitrogens is 1. The number of aryl methyl sites for hydroxylation is 1. The van der Waals surface area contributed by atoms with Crippen molar-refractivity contribution in [3.05, 3.63) is 27.1 Å². The van der Waals surface area contributed by atoms with Gasteiger partial charge in [-0.1, -0.05) is 13.8 Å². The van der Waals surface area contributed by atoms with Gasteiger partial charge in [0, 0.05) is 24.3 Å². The van der Waals surface area contributed by atoms with E-state index >= 15 is 0 Å². The van der Waals surface area contributed by atoms with Crippen molar-refractivity contribution in [2.24, 2.45) is 13.0 Å². The molecule has 20 heavy (non-hydrogen) atoms. The lowest BCUT2D eigenvalue weighted by molar-refractivity contribution is 0.148. The summed E-state index contributed by atoms with van der Waals surface area (Å²) >= 11 is 3.25. The zero-order valence-electron chi connectivity index (χ0n) is 11.8. The van der Waals surface area contributed by atoms with Crippen molar-refractivity contribution in [2.75, 3.05) is 11.9 Å². The molecule has 0 aliphatic carbocycles. The van der Waals surface area contributed by atoms with Crippen LogP contribution in [-0.4, -0.2) is 28.4 Å². The van der Waals surface area contributed by atoms with E-state index in [0.29, 0.717) is 16.8 Å². The standard InChI is InChI=1S/C13H20BrN3O3/c1-8(2)4-10(18)6-15-13(20)16-11-5-9(14)7-17(3)12(11)19/h5,7-8,10,18H,4,6H2,1-3H3,(H2,15,16,20). The molecule has 1 unspecified atom stereocenters. The first-order valence-corrected chi connectivity index (χ1v) is 7.18. The van der Waals surface area contributed by atoms with Crippen LogP contribution in [0.15, 0.2) is 21.5 Å². The number of nitrogens with zero attached hydrogens (tertiary/aromatic N) is 1. The van der Waals surface area contributed by atoms with E-state index in [1.54, 1.807) is 13.2 Å². The van der Waals surface area contributed by atoms with Gasteiger partial charge in [0.25, 0.3) is 5.56 Å². The van der Waals surface area contributed by atoms with E-state index in [-0.39, 0.29) is 17.8 Å². The van der Waals surface area contributed by atoms with Gasteiger partial charge in [-0.15, -0.1) is 0 Å². The molecule has 1 heterocycles. The second kappa shape index (κ2) is 7.44. The van der Waals surface area contributed by atoms with E-state index in [2.05, 4.69) is 26.6 Å². The van der Waals surface area contributed by atoms with Crippen LogP contribution in [-0.2, 0) is 7.05 Å². The van der Waals surface area contributed by atoms with Crippen molar-refractivity contribution in [2.45, 2.75) is 26.4 Å². The molecule has 2 amide bonds. The van der Waals surface area contributed by atoms with Gasteiger partial charge in [0.2, 0.25) is 0 Å². The summed E-state index contributed by atoms with van der Waals surface area (Å²) in [5.41, 5.74) is -0.121. The van der Waals surface area contributed by atoms with Gasteiger partial charge in [-0.2, -0.15) is 0 Å². The summed E-state index contributed by atoms with van der Waals surface area (Å²) in [4.78, 5) is 23.5. The largest absolute Gasteiger partial charge is 0.391 e. The molecule has 112 valence electrons. The number of urea groups is 1. The number of aliphatic hydroxyl groups is 1. The van der Waals surface area contributed by atoms with E-state index in [9.17, 15) is 14.7 Å². The highest BCUT2D eigenvalue weighted by Gasteiger charge is 2.11. The molecule has 0 bridgehead atoms. The van der Waals surface area contributed by atoms with Gasteiger partial charge in [-0.25, -0.2) is 4.79 Å². The second-order valence-corrected chi connectivity index (χ2v) is 6.02. The quantitative estimate of drug-likeness (QED) is 0.759. The summed E-state index contributed by atoms with van der Waals surface area (Å²) in [5.74, 6) is 0.354. The number of carbonyl (C=O) groups excluding carboxylic acids is 1. The summed E-state index contributed by atoms with van der Waals surface area (Å²) in [6, 6.07) is 1.02. The topological polar surface area (TPSA) is 83.4 Å². The Morgan fingerprint density at radius 2 is 2.15 bits per heavy atom. The molecule has 0 saturated heterocycles. The number of hydrogen-bond acceptors (Lipinski definition) is 3. The number of pyridine rings is 1. The summed E-state index contributed by atoms with van der Waals surface area (Å²) in [5, 5.41) is 14.7. The van der Waals surface area contributed by atoms with Crippen LogP contribution >= 0.6 is 15.9 Å². The van der Waals surface area contributed by atoms with E-state index in [1.807, 2.05) is 13.8 Å². The number of nitrogens with one attached hydrogen (secondary N) is 2. The lowest BCUT2D eigenvalue weighted by Gasteiger charge is -2.14. The fraction of sp³-hybridized carbons (Fsp3) is 0.538. The molecular weight excluding hydrogens is 326 g/mol. The Morgan fingerprint density at radius 3 is 2.75 bits per heavy atom. The predicted molar refractivity (Wildman–Crippen MR) is 81.9 cm³/mol. The fourth-order valence-corrected chi connectivity index (χ4v) is 2.30. The zero-order valence-corrected chi connectivity index (χ0v) is 13.4. The fourth-order valence-electron chi connectivity index (χ4n) is 1.76. The molecule has 1 aromatic heterocycles. The third-order valence-electron chi connectivity index (χ3n) is 2.64. The summed E-state index contributed by atoms with van der Waals surface area (Å²) < 4.78 is 2.06. The lowest BCUT2D eigenvalue weighted by Crippen LogP contribution is -2.37. The highest BCUT2D eigenvalue weighted by atomic mass is 79.9. The highest BCUT2D eigenvalue weighted by molar-refractivity contribution is 9.10. The minimum absolute atomic E-state index is 0.151. The number of amides is 2. The van der Waals surface area contributed by atoms with E-state index in [1.165, 1.54) is 10.6 Å². The molecule has 0 aromatic carbocycles. The summed E-state index contributed by atoms with van der Waals surface area (Å²) in [7, 11) is 1.60. The van der Waals surface area contributed by atoms with Gasteiger partial charge in [0.1, 0.15) is 5.69 Å². The Balaban J connectivity index is 2.57. The van der Waals surface area contributed by atoms with Crippen LogP contribution in [0.1, 0.15) is 20.3 Å². The van der Waals surface area contributed by atoms with Crippen LogP contribution in [0.2, 0.25) is 0 Å². The maximum atomic E-state index is 11.8. The first-order chi connectivity index (χ1) is 9.29. The summed E-state index contributed by atoms with van der Waals surface area (Å²) in [6.07, 6.45) is 1.63. The van der Waals surface area contributed by atoms with E-state index in [4.69, 9.17) is 0 Å². The zero-order chi connectivity index (χ0) is 15.3. The second-order valence-electron chi connectivity index (χ2n) is 5.11. The Labute approximate surface area is 126 Å².